The van der Waals surface area contributed by atoms with Gasteiger partial charge in [0.1, 0.15) is 5.75 Å². The topological polar surface area (TPSA) is 94.4 Å². The van der Waals surface area contributed by atoms with Crippen LogP contribution in [0.4, 0.5) is 10.1 Å². The van der Waals surface area contributed by atoms with Crippen molar-refractivity contribution < 1.29 is 14.5 Å². The third-order valence-corrected chi connectivity index (χ3v) is 5.31. The van der Waals surface area contributed by atoms with Crippen molar-refractivity contribution >= 4 is 44.8 Å². The summed E-state index contributed by atoms with van der Waals surface area (Å²) >= 11 is 2.33. The Morgan fingerprint density at radius 2 is 2.07 bits per heavy atom. The van der Waals surface area contributed by atoms with Crippen LogP contribution in [0, 0.1) is 10.1 Å². The van der Waals surface area contributed by atoms with Gasteiger partial charge in [-0.1, -0.05) is 18.3 Å². The molecule has 7 nitrogen and oxygen atoms in total. The molecule has 0 fully saturated rings. The molecule has 0 atom stereocenters. The molecule has 0 bridgehead atoms. The van der Waals surface area contributed by atoms with E-state index in [1.807, 2.05) is 29.6 Å². The van der Waals surface area contributed by atoms with Crippen LogP contribution in [0.1, 0.15) is 18.2 Å². The van der Waals surface area contributed by atoms with E-state index in [0.717, 1.165) is 34.8 Å². The number of carbonyl (C=O) groups excluding carboxylic acids is 1. The number of nitrogens with one attached hydrogen (secondary N) is 1. The fourth-order valence-electron chi connectivity index (χ4n) is 2.24. The summed E-state index contributed by atoms with van der Waals surface area (Å²) in [6.07, 6.45) is 3.82. The van der Waals surface area contributed by atoms with E-state index >= 15 is 0 Å². The van der Waals surface area contributed by atoms with Crippen molar-refractivity contribution in [1.82, 2.24) is 4.98 Å². The molecule has 28 heavy (non-hydrogen) atoms. The SMILES string of the molecule is CCCOc1ccc(-c2csc(NC(=O)C=Cc3ccc([N+](=O)[O-])s3)n2)cc1. The van der Waals surface area contributed by atoms with Crippen molar-refractivity contribution in [2.75, 3.05) is 11.9 Å². The average Bonchev–Trinajstić information content (AvgIpc) is 3.35. The van der Waals surface area contributed by atoms with E-state index in [0.29, 0.717) is 16.6 Å². The highest BCUT2D eigenvalue weighted by Crippen LogP contribution is 2.27. The van der Waals surface area contributed by atoms with Crippen LogP contribution in [0.25, 0.3) is 17.3 Å². The molecule has 3 rings (SSSR count). The second-order valence-corrected chi connectivity index (χ2v) is 7.62. The Hall–Kier alpha value is -3.04. The van der Waals surface area contributed by atoms with Gasteiger partial charge in [-0.25, -0.2) is 4.98 Å². The highest BCUT2D eigenvalue weighted by Gasteiger charge is 2.09. The first-order valence-electron chi connectivity index (χ1n) is 8.47. The number of carbonyl (C=O) groups is 1. The molecular weight excluding hydrogens is 398 g/mol. The molecule has 0 aliphatic rings. The molecule has 144 valence electrons. The standard InChI is InChI=1S/C19H17N3O4S2/c1-2-11-26-14-5-3-13(4-6-14)16-12-27-19(20-16)21-17(23)9-7-15-8-10-18(28-15)22(24)25/h3-10,12H,2,11H2,1H3,(H,20,21,23). The summed E-state index contributed by atoms with van der Waals surface area (Å²) in [6, 6.07) is 10.7. The Balaban J connectivity index is 1.59. The van der Waals surface area contributed by atoms with E-state index in [2.05, 4.69) is 17.2 Å². The molecule has 2 aromatic heterocycles. The first-order chi connectivity index (χ1) is 13.5. The fraction of sp³-hybridized carbons (Fsp3) is 0.158. The van der Waals surface area contributed by atoms with Crippen LogP contribution < -0.4 is 10.1 Å². The molecule has 0 unspecified atom stereocenters. The molecule has 3 aromatic rings. The van der Waals surface area contributed by atoms with Crippen LogP contribution in [0.5, 0.6) is 5.75 Å². The van der Waals surface area contributed by atoms with Gasteiger partial charge in [-0.3, -0.25) is 20.2 Å². The van der Waals surface area contributed by atoms with Crippen LogP contribution in [-0.4, -0.2) is 22.4 Å². The quantitative estimate of drug-likeness (QED) is 0.309. The summed E-state index contributed by atoms with van der Waals surface area (Å²) in [6.45, 7) is 2.73. The minimum Gasteiger partial charge on any atom is -0.494 e. The lowest BCUT2D eigenvalue weighted by molar-refractivity contribution is -0.380. The van der Waals surface area contributed by atoms with Gasteiger partial charge in [0.05, 0.1) is 17.2 Å². The van der Waals surface area contributed by atoms with Gasteiger partial charge in [0.2, 0.25) is 5.91 Å². The normalized spacial score (nSPS) is 10.9. The molecule has 0 spiro atoms. The summed E-state index contributed by atoms with van der Waals surface area (Å²) < 4.78 is 5.56. The molecule has 0 radical (unpaired) electrons. The Morgan fingerprint density at radius 3 is 2.75 bits per heavy atom. The van der Waals surface area contributed by atoms with Crippen molar-refractivity contribution in [2.24, 2.45) is 0 Å². The Kier molecular flexibility index (Phi) is 6.51. The zero-order chi connectivity index (χ0) is 19.9. The number of nitro groups is 1. The predicted octanol–water partition coefficient (Wildman–Crippen LogP) is 5.22. The lowest BCUT2D eigenvalue weighted by atomic mass is 10.2. The van der Waals surface area contributed by atoms with Gasteiger partial charge in [-0.05, 0) is 42.8 Å². The molecule has 1 aromatic carbocycles. The molecule has 0 saturated heterocycles. The molecule has 0 aliphatic carbocycles. The highest BCUT2D eigenvalue weighted by atomic mass is 32.1. The van der Waals surface area contributed by atoms with Gasteiger partial charge in [-0.2, -0.15) is 0 Å². The van der Waals surface area contributed by atoms with Gasteiger partial charge >= 0.3 is 5.00 Å². The lowest BCUT2D eigenvalue weighted by Gasteiger charge is -2.04. The second-order valence-electron chi connectivity index (χ2n) is 5.67. The number of nitrogens with zero attached hydrogens (tertiary/aromatic N) is 2. The number of hydrogen-bond acceptors (Lipinski definition) is 7. The van der Waals surface area contributed by atoms with Gasteiger partial charge in [-0.15, -0.1) is 11.3 Å². The molecule has 1 N–H and O–H groups in total. The van der Waals surface area contributed by atoms with Gasteiger partial charge in [0.15, 0.2) is 5.13 Å². The number of thiazole rings is 1. The third-order valence-electron chi connectivity index (χ3n) is 3.55. The summed E-state index contributed by atoms with van der Waals surface area (Å²) in [4.78, 5) is 27.3. The molecule has 9 heteroatoms. The zero-order valence-corrected chi connectivity index (χ0v) is 16.6. The monoisotopic (exact) mass is 415 g/mol. The Morgan fingerprint density at radius 1 is 1.29 bits per heavy atom. The Labute approximate surface area is 169 Å². The maximum absolute atomic E-state index is 12.0. The van der Waals surface area contributed by atoms with Crippen LogP contribution in [-0.2, 0) is 4.79 Å². The van der Waals surface area contributed by atoms with Crippen molar-refractivity contribution in [1.29, 1.82) is 0 Å². The maximum atomic E-state index is 12.0. The zero-order valence-electron chi connectivity index (χ0n) is 15.0. The van der Waals surface area contributed by atoms with Crippen LogP contribution in [0.2, 0.25) is 0 Å². The van der Waals surface area contributed by atoms with E-state index in [1.165, 1.54) is 29.6 Å². The fourth-order valence-corrected chi connectivity index (χ4v) is 3.69. The smallest absolute Gasteiger partial charge is 0.324 e. The minimum absolute atomic E-state index is 0.0377. The minimum atomic E-state index is -0.457. The summed E-state index contributed by atoms with van der Waals surface area (Å²) in [5.74, 6) is 0.466. The van der Waals surface area contributed by atoms with Crippen molar-refractivity contribution in [3.8, 4) is 17.0 Å². The van der Waals surface area contributed by atoms with E-state index in [4.69, 9.17) is 4.74 Å². The number of benzene rings is 1. The van der Waals surface area contributed by atoms with E-state index in [9.17, 15) is 14.9 Å². The van der Waals surface area contributed by atoms with Crippen LogP contribution in [0.15, 0.2) is 47.9 Å². The number of ether oxygens (including phenoxy) is 1. The first-order valence-corrected chi connectivity index (χ1v) is 10.2. The maximum Gasteiger partial charge on any atom is 0.324 e. The number of aromatic nitrogens is 1. The molecule has 1 amide bonds. The van der Waals surface area contributed by atoms with Gasteiger partial charge in [0, 0.05) is 28.0 Å². The molecule has 0 saturated carbocycles. The Bertz CT molecular complexity index is 993. The van der Waals surface area contributed by atoms with Crippen molar-refractivity contribution in [3.05, 3.63) is 62.8 Å². The summed E-state index contributed by atoms with van der Waals surface area (Å²) in [5.41, 5.74) is 1.70. The first kappa shape index (κ1) is 19.7. The molecular formula is C19H17N3O4S2. The second kappa shape index (κ2) is 9.25. The summed E-state index contributed by atoms with van der Waals surface area (Å²) in [5, 5.41) is 15.8. The predicted molar refractivity (Wildman–Crippen MR) is 112 cm³/mol. The number of rotatable bonds is 8. The lowest BCUT2D eigenvalue weighted by Crippen LogP contribution is -2.07. The average molecular weight is 415 g/mol. The van der Waals surface area contributed by atoms with Gasteiger partial charge < -0.3 is 4.74 Å². The number of hydrogen-bond donors (Lipinski definition) is 1. The highest BCUT2D eigenvalue weighted by molar-refractivity contribution is 7.16. The number of anilines is 1. The summed E-state index contributed by atoms with van der Waals surface area (Å²) in [7, 11) is 0. The van der Waals surface area contributed by atoms with Crippen LogP contribution >= 0.6 is 22.7 Å². The van der Waals surface area contributed by atoms with E-state index in [1.54, 1.807) is 6.07 Å². The third kappa shape index (κ3) is 5.24. The van der Waals surface area contributed by atoms with E-state index < -0.39 is 4.92 Å². The van der Waals surface area contributed by atoms with Crippen LogP contribution in [0.3, 0.4) is 0 Å². The van der Waals surface area contributed by atoms with Gasteiger partial charge in [0.25, 0.3) is 0 Å². The molecule has 0 aliphatic heterocycles. The number of thiophene rings is 1. The van der Waals surface area contributed by atoms with Crippen molar-refractivity contribution in [2.45, 2.75) is 13.3 Å². The molecule has 2 heterocycles. The van der Waals surface area contributed by atoms with E-state index in [-0.39, 0.29) is 10.9 Å². The number of amides is 1. The van der Waals surface area contributed by atoms with Crippen molar-refractivity contribution in [3.63, 3.8) is 0 Å². The largest absolute Gasteiger partial charge is 0.494 e.